The quantitative estimate of drug-likeness (QED) is 0.108. The molecule has 4 heterocycles. The van der Waals surface area contributed by atoms with Gasteiger partial charge in [0.05, 0.1) is 21.4 Å². The molecule has 1 atom stereocenters. The Labute approximate surface area is 348 Å². The van der Waals surface area contributed by atoms with Crippen molar-refractivity contribution >= 4 is 58.3 Å². The fourth-order valence-corrected chi connectivity index (χ4v) is 8.45. The van der Waals surface area contributed by atoms with Crippen LogP contribution in [0.2, 0.25) is 10.0 Å². The minimum absolute atomic E-state index is 0.147. The van der Waals surface area contributed by atoms with E-state index in [1.807, 2.05) is 17.0 Å². The average Bonchev–Trinajstić information content (AvgIpc) is 4.07. The maximum Gasteiger partial charge on any atom is 0.320 e. The maximum absolute atomic E-state index is 13.6. The minimum Gasteiger partial charge on any atom is -0.480 e. The first kappa shape index (κ1) is 41.3. The predicted octanol–water partition coefficient (Wildman–Crippen LogP) is 7.89. The third-order valence-electron chi connectivity index (χ3n) is 11.3. The maximum atomic E-state index is 13.6. The molecule has 58 heavy (non-hydrogen) atoms. The van der Waals surface area contributed by atoms with Crippen LogP contribution in [0.5, 0.6) is 0 Å². The number of carboxylic acid groups (broad SMARTS) is 1. The monoisotopic (exact) mass is 825 g/mol. The topological polar surface area (TPSA) is 148 Å². The molecule has 0 radical (unpaired) electrons. The minimum atomic E-state index is -0.802. The van der Waals surface area contributed by atoms with Gasteiger partial charge < -0.3 is 20.6 Å². The van der Waals surface area contributed by atoms with E-state index in [1.54, 1.807) is 67.8 Å². The molecule has 12 nitrogen and oxygen atoms in total. The van der Waals surface area contributed by atoms with Gasteiger partial charge in [-0.2, -0.15) is 0 Å². The molecule has 7 rings (SSSR count). The summed E-state index contributed by atoms with van der Waals surface area (Å²) in [5.74, 6) is -1.14. The van der Waals surface area contributed by atoms with E-state index in [2.05, 4.69) is 25.5 Å². The van der Waals surface area contributed by atoms with E-state index in [9.17, 15) is 24.3 Å². The number of carbonyl (C=O) groups excluding carboxylic acids is 3. The Morgan fingerprint density at radius 2 is 1.48 bits per heavy atom. The van der Waals surface area contributed by atoms with Crippen LogP contribution in [0.1, 0.15) is 101 Å². The number of fused-ring (bicyclic) bond motifs is 1. The van der Waals surface area contributed by atoms with Gasteiger partial charge in [-0.15, -0.1) is 0 Å². The number of unbranched alkanes of at least 4 members (excludes halogenated alkanes) is 1. The molecule has 3 N–H and O–H groups in total. The highest BCUT2D eigenvalue weighted by atomic mass is 35.5. The number of aliphatic carboxylic acids is 1. The van der Waals surface area contributed by atoms with Gasteiger partial charge in [-0.25, -0.2) is 0 Å². The van der Waals surface area contributed by atoms with Crippen molar-refractivity contribution in [3.05, 3.63) is 105 Å². The molecule has 1 saturated carbocycles. The summed E-state index contributed by atoms with van der Waals surface area (Å²) in [4.78, 5) is 65.9. The summed E-state index contributed by atoms with van der Waals surface area (Å²) >= 11 is 13.9. The predicted molar refractivity (Wildman–Crippen MR) is 225 cm³/mol. The third-order valence-corrected chi connectivity index (χ3v) is 12.2. The number of rotatable bonds is 14. The highest BCUT2D eigenvalue weighted by Gasteiger charge is 2.32. The lowest BCUT2D eigenvalue weighted by atomic mass is 9.99. The number of hydrogen-bond acceptors (Lipinski definition) is 8. The van der Waals surface area contributed by atoms with Crippen LogP contribution in [0, 0.1) is 0 Å². The number of nitrogens with one attached hydrogen (secondary N) is 2. The summed E-state index contributed by atoms with van der Waals surface area (Å²) in [6, 6.07) is 13.7. The zero-order valence-corrected chi connectivity index (χ0v) is 34.4. The van der Waals surface area contributed by atoms with Crippen LogP contribution in [-0.4, -0.2) is 93.2 Å². The first-order chi connectivity index (χ1) is 28.0. The molecule has 4 aromatic rings. The van der Waals surface area contributed by atoms with Gasteiger partial charge >= 0.3 is 5.97 Å². The van der Waals surface area contributed by atoms with Gasteiger partial charge in [-0.3, -0.25) is 38.9 Å². The summed E-state index contributed by atoms with van der Waals surface area (Å²) in [5, 5.41) is 16.2. The molecule has 1 unspecified atom stereocenters. The number of benzene rings is 2. The van der Waals surface area contributed by atoms with Gasteiger partial charge in [-0.05, 0) is 110 Å². The van der Waals surface area contributed by atoms with E-state index >= 15 is 0 Å². The van der Waals surface area contributed by atoms with Crippen molar-refractivity contribution in [2.45, 2.75) is 82.8 Å². The summed E-state index contributed by atoms with van der Waals surface area (Å²) in [6.07, 6.45) is 11.1. The number of nitrogens with zero attached hydrogens (tertiary/aromatic N) is 5. The Morgan fingerprint density at radius 3 is 2.12 bits per heavy atom. The fourth-order valence-electron chi connectivity index (χ4n) is 7.90. The van der Waals surface area contributed by atoms with Crippen LogP contribution in [-0.2, 0) is 29.1 Å². The van der Waals surface area contributed by atoms with Crippen LogP contribution >= 0.6 is 23.2 Å². The first-order valence-electron chi connectivity index (χ1n) is 20.0. The number of piperidine rings is 1. The van der Waals surface area contributed by atoms with Gasteiger partial charge in [0, 0.05) is 63.7 Å². The molecule has 2 aromatic carbocycles. The molecule has 1 saturated heterocycles. The lowest BCUT2D eigenvalue weighted by molar-refractivity contribution is -0.144. The second-order valence-electron chi connectivity index (χ2n) is 15.7. The summed E-state index contributed by atoms with van der Waals surface area (Å²) in [5.41, 5.74) is 6.63. The van der Waals surface area contributed by atoms with Gasteiger partial charge in [0.1, 0.15) is 17.4 Å². The number of pyridine rings is 2. The zero-order valence-electron chi connectivity index (χ0n) is 32.9. The Bertz CT molecular complexity index is 2210. The number of carbonyl (C=O) groups is 4. The van der Waals surface area contributed by atoms with E-state index in [0.29, 0.717) is 60.0 Å². The SMILES string of the molecule is CN(C)C(=O)CCCCN1CCc2cc(C(=O)Nc3cccc(-c4cccc(NC(=O)c5cc(C6CC6)c(CN6CCCCC6C(=O)O)cn5)c4Cl)c3Cl)ncc2C1. The van der Waals surface area contributed by atoms with E-state index in [0.717, 1.165) is 86.8 Å². The zero-order chi connectivity index (χ0) is 40.9. The van der Waals surface area contributed by atoms with Crippen LogP contribution in [0.4, 0.5) is 11.4 Å². The van der Waals surface area contributed by atoms with Gasteiger partial charge in [0.25, 0.3) is 11.8 Å². The largest absolute Gasteiger partial charge is 0.480 e. The Balaban J connectivity index is 1.00. The second kappa shape index (κ2) is 18.4. The molecule has 0 bridgehead atoms. The number of halogens is 2. The Kier molecular flexibility index (Phi) is 13.1. The number of carboxylic acids is 1. The van der Waals surface area contributed by atoms with E-state index < -0.39 is 17.9 Å². The molecule has 3 aliphatic rings. The van der Waals surface area contributed by atoms with Gasteiger partial charge in [0.15, 0.2) is 0 Å². The molecule has 1 aliphatic carbocycles. The van der Waals surface area contributed by atoms with Crippen molar-refractivity contribution in [3.8, 4) is 11.1 Å². The summed E-state index contributed by atoms with van der Waals surface area (Å²) in [6.45, 7) is 3.72. The number of likely N-dealkylation sites (tertiary alicyclic amines) is 1. The van der Waals surface area contributed by atoms with Crippen molar-refractivity contribution in [1.82, 2.24) is 24.7 Å². The van der Waals surface area contributed by atoms with Gasteiger partial charge in [0.2, 0.25) is 5.91 Å². The molecule has 3 amide bonds. The molecular weight excluding hydrogens is 777 g/mol. The lowest BCUT2D eigenvalue weighted by Crippen LogP contribution is -2.44. The van der Waals surface area contributed by atoms with Crippen LogP contribution in [0.25, 0.3) is 11.1 Å². The van der Waals surface area contributed by atoms with Crippen molar-refractivity contribution < 1.29 is 24.3 Å². The molecule has 14 heteroatoms. The second-order valence-corrected chi connectivity index (χ2v) is 16.5. The number of amides is 3. The number of hydrogen-bond donors (Lipinski definition) is 3. The lowest BCUT2D eigenvalue weighted by Gasteiger charge is -2.33. The molecule has 2 fully saturated rings. The van der Waals surface area contributed by atoms with Crippen molar-refractivity contribution in [3.63, 3.8) is 0 Å². The van der Waals surface area contributed by atoms with E-state index in [-0.39, 0.29) is 27.6 Å². The molecular formula is C44H49Cl2N7O5. The van der Waals surface area contributed by atoms with E-state index in [1.165, 1.54) is 0 Å². The van der Waals surface area contributed by atoms with Crippen LogP contribution in [0.3, 0.4) is 0 Å². The standard InChI is InChI=1S/C44H49Cl2N7O5/c1-51(2)39(54)14-4-5-18-52-20-17-28-21-36(47-23-29(28)25-52)42(55)49-34-11-7-9-31(40(34)45)32-10-8-12-35(41(32)46)50-43(56)37-22-33(27-15-16-27)30(24-48-37)26-53-19-6-3-13-38(53)44(57)58/h7-12,21-24,27,38H,3-6,13-20,25-26H2,1-2H3,(H,49,55)(H,50,56)(H,57,58). The average molecular weight is 827 g/mol. The van der Waals surface area contributed by atoms with Crippen molar-refractivity contribution in [2.24, 2.45) is 0 Å². The smallest absolute Gasteiger partial charge is 0.320 e. The van der Waals surface area contributed by atoms with Crippen molar-refractivity contribution in [1.29, 1.82) is 0 Å². The Morgan fingerprint density at radius 1 is 0.828 bits per heavy atom. The van der Waals surface area contributed by atoms with Crippen LogP contribution < -0.4 is 10.6 Å². The summed E-state index contributed by atoms with van der Waals surface area (Å²) in [7, 11) is 3.56. The normalized spacial score (nSPS) is 17.0. The molecule has 0 spiro atoms. The fraction of sp³-hybridized carbons (Fsp3) is 0.409. The highest BCUT2D eigenvalue weighted by Crippen LogP contribution is 2.43. The highest BCUT2D eigenvalue weighted by molar-refractivity contribution is 6.40. The van der Waals surface area contributed by atoms with Crippen LogP contribution in [0.15, 0.2) is 60.9 Å². The molecule has 304 valence electrons. The Hall–Kier alpha value is -4.88. The first-order valence-corrected chi connectivity index (χ1v) is 20.8. The summed E-state index contributed by atoms with van der Waals surface area (Å²) < 4.78 is 0. The molecule has 2 aliphatic heterocycles. The van der Waals surface area contributed by atoms with E-state index in [4.69, 9.17) is 23.2 Å². The number of anilines is 2. The number of aromatic nitrogens is 2. The molecule has 2 aromatic heterocycles. The third kappa shape index (κ3) is 9.69. The van der Waals surface area contributed by atoms with Gasteiger partial charge in [-0.1, -0.05) is 53.9 Å². The van der Waals surface area contributed by atoms with Crippen molar-refractivity contribution in [2.75, 3.05) is 44.4 Å².